The summed E-state index contributed by atoms with van der Waals surface area (Å²) in [5, 5.41) is 1.50. The maximum absolute atomic E-state index is 13.6. The fourth-order valence-corrected chi connectivity index (χ4v) is 9.68. The van der Waals surface area contributed by atoms with Crippen molar-refractivity contribution in [2.45, 2.75) is 51.2 Å². The number of amides is 2. The summed E-state index contributed by atoms with van der Waals surface area (Å²) in [7, 11) is -1.62. The Morgan fingerprint density at radius 2 is 1.40 bits per heavy atom. The van der Waals surface area contributed by atoms with E-state index in [0.717, 1.165) is 12.0 Å². The van der Waals surface area contributed by atoms with Crippen molar-refractivity contribution < 1.29 is 9.59 Å². The van der Waals surface area contributed by atoms with Gasteiger partial charge in [-0.2, -0.15) is 0 Å². The number of benzene rings is 2. The molecule has 3 nitrogen and oxygen atoms in total. The van der Waals surface area contributed by atoms with E-state index in [9.17, 15) is 9.59 Å². The molecular weight excluding hydrogens is 386 g/mol. The molecule has 3 atom stereocenters. The summed E-state index contributed by atoms with van der Waals surface area (Å²) < 4.78 is 0. The smallest absolute Gasteiger partial charge is 0.238 e. The van der Waals surface area contributed by atoms with Crippen LogP contribution in [-0.2, 0) is 9.59 Å². The van der Waals surface area contributed by atoms with Gasteiger partial charge in [0, 0.05) is 5.92 Å². The maximum Gasteiger partial charge on any atom is 0.238 e. The highest BCUT2D eigenvalue weighted by Gasteiger charge is 2.54. The Hall–Kier alpha value is -2.46. The normalized spacial score (nSPS) is 24.0. The van der Waals surface area contributed by atoms with Crippen molar-refractivity contribution >= 4 is 25.6 Å². The maximum atomic E-state index is 13.6. The molecule has 30 heavy (non-hydrogen) atoms. The van der Waals surface area contributed by atoms with Gasteiger partial charge in [-0.05, 0) is 24.1 Å². The lowest BCUT2D eigenvalue weighted by molar-refractivity contribution is -0.122. The molecule has 1 saturated heterocycles. The van der Waals surface area contributed by atoms with E-state index in [1.165, 1.54) is 28.2 Å². The van der Waals surface area contributed by atoms with Gasteiger partial charge in [-0.25, -0.2) is 0 Å². The summed E-state index contributed by atoms with van der Waals surface area (Å²) in [4.78, 5) is 28.6. The summed E-state index contributed by atoms with van der Waals surface area (Å²) in [6.07, 6.45) is 3.16. The second kappa shape index (κ2) is 8.35. The number of hydrogen-bond donors (Lipinski definition) is 0. The lowest BCUT2D eigenvalue weighted by atomic mass is 9.74. The largest absolute Gasteiger partial charge is 0.274 e. The quantitative estimate of drug-likeness (QED) is 0.430. The zero-order valence-electron chi connectivity index (χ0n) is 18.2. The van der Waals surface area contributed by atoms with Crippen molar-refractivity contribution in [3.63, 3.8) is 0 Å². The Labute approximate surface area is 180 Å². The number of imide groups is 1. The lowest BCUT2D eigenvalue weighted by Gasteiger charge is -2.39. The molecule has 2 aliphatic rings. The van der Waals surface area contributed by atoms with Gasteiger partial charge >= 0.3 is 0 Å². The van der Waals surface area contributed by atoms with E-state index in [2.05, 4.69) is 39.0 Å². The lowest BCUT2D eigenvalue weighted by Crippen LogP contribution is -2.40. The van der Waals surface area contributed by atoms with E-state index < -0.39 is 8.07 Å². The first-order valence-corrected chi connectivity index (χ1v) is 13.9. The van der Waals surface area contributed by atoms with Crippen LogP contribution in [0.1, 0.15) is 38.7 Å². The van der Waals surface area contributed by atoms with Crippen molar-refractivity contribution in [2.75, 3.05) is 4.90 Å². The van der Waals surface area contributed by atoms with Gasteiger partial charge in [0.25, 0.3) is 0 Å². The summed E-state index contributed by atoms with van der Waals surface area (Å²) in [6.45, 7) is 6.92. The van der Waals surface area contributed by atoms with Crippen LogP contribution in [0.4, 0.5) is 5.69 Å². The molecule has 4 heteroatoms. The van der Waals surface area contributed by atoms with Gasteiger partial charge in [-0.1, -0.05) is 98.7 Å². The minimum atomic E-state index is -1.62. The van der Waals surface area contributed by atoms with Crippen molar-refractivity contribution in [2.24, 2.45) is 11.8 Å². The first-order valence-electron chi connectivity index (χ1n) is 11.2. The van der Waals surface area contributed by atoms with Crippen LogP contribution in [0.5, 0.6) is 0 Å². The molecule has 0 unspecified atom stereocenters. The average Bonchev–Trinajstić information content (AvgIpc) is 3.06. The van der Waals surface area contributed by atoms with Crippen LogP contribution in [0.15, 0.2) is 71.9 Å². The van der Waals surface area contributed by atoms with E-state index in [1.807, 2.05) is 48.5 Å². The average molecular weight is 418 g/mol. The number of rotatable bonds is 6. The molecule has 156 valence electrons. The molecule has 2 amide bonds. The van der Waals surface area contributed by atoms with Crippen molar-refractivity contribution in [3.8, 4) is 0 Å². The molecule has 0 aromatic heterocycles. The summed E-state index contributed by atoms with van der Waals surface area (Å²) in [6, 6.07) is 23.3. The van der Waals surface area contributed by atoms with Crippen LogP contribution in [0.25, 0.3) is 0 Å². The van der Waals surface area contributed by atoms with Crippen molar-refractivity contribution in [1.29, 1.82) is 0 Å². The molecule has 2 aromatic carbocycles. The molecule has 0 N–H and O–H groups in total. The molecular formula is C26H31NO2Si. The Balaban J connectivity index is 1.82. The van der Waals surface area contributed by atoms with Crippen LogP contribution >= 0.6 is 0 Å². The Morgan fingerprint density at radius 3 is 1.97 bits per heavy atom. The highest BCUT2D eigenvalue weighted by atomic mass is 28.3. The predicted octanol–water partition coefficient (Wildman–Crippen LogP) is 5.95. The number of anilines is 1. The summed E-state index contributed by atoms with van der Waals surface area (Å²) in [5.74, 6) is -0.645. The molecule has 0 spiro atoms. The third-order valence-electron chi connectivity index (χ3n) is 7.59. The van der Waals surface area contributed by atoms with E-state index in [0.29, 0.717) is 5.69 Å². The van der Waals surface area contributed by atoms with Gasteiger partial charge < -0.3 is 0 Å². The third kappa shape index (κ3) is 3.27. The van der Waals surface area contributed by atoms with E-state index in [-0.39, 0.29) is 29.6 Å². The van der Waals surface area contributed by atoms with Crippen molar-refractivity contribution in [3.05, 3.63) is 77.5 Å². The molecule has 2 aromatic rings. The summed E-state index contributed by atoms with van der Waals surface area (Å²) >= 11 is 0. The van der Waals surface area contributed by atoms with Gasteiger partial charge in [-0.15, -0.1) is 0 Å². The molecule has 0 radical (unpaired) electrons. The number of allylic oxidation sites excluding steroid dienone is 2. The van der Waals surface area contributed by atoms with Crippen LogP contribution < -0.4 is 4.90 Å². The second-order valence-electron chi connectivity index (χ2n) is 8.65. The summed E-state index contributed by atoms with van der Waals surface area (Å²) in [5.41, 5.74) is 1.84. The van der Waals surface area contributed by atoms with Gasteiger partial charge in [0.05, 0.1) is 25.6 Å². The highest BCUT2D eigenvalue weighted by Crippen LogP contribution is 2.49. The number of hydrogen-bond acceptors (Lipinski definition) is 2. The van der Waals surface area contributed by atoms with E-state index in [4.69, 9.17) is 0 Å². The van der Waals surface area contributed by atoms with Gasteiger partial charge in [0.2, 0.25) is 11.8 Å². The number of carbonyl (C=O) groups is 2. The Bertz CT molecular complexity index is 941. The first kappa shape index (κ1) is 20.8. The van der Waals surface area contributed by atoms with Gasteiger partial charge in [-0.3, -0.25) is 14.5 Å². The molecule has 0 bridgehead atoms. The van der Waals surface area contributed by atoms with Crippen LogP contribution in [0.3, 0.4) is 0 Å². The minimum Gasteiger partial charge on any atom is -0.274 e. The van der Waals surface area contributed by atoms with Crippen LogP contribution in [-0.4, -0.2) is 19.9 Å². The minimum absolute atomic E-state index is 0.0195. The molecule has 1 heterocycles. The molecule has 1 fully saturated rings. The van der Waals surface area contributed by atoms with E-state index >= 15 is 0 Å². The molecule has 4 rings (SSSR count). The topological polar surface area (TPSA) is 37.4 Å². The fraction of sp³-hybridized carbons (Fsp3) is 0.385. The first-order chi connectivity index (χ1) is 14.6. The second-order valence-corrected chi connectivity index (χ2v) is 14.0. The van der Waals surface area contributed by atoms with Crippen LogP contribution in [0.2, 0.25) is 18.1 Å². The zero-order chi connectivity index (χ0) is 21.3. The number of para-hydroxylation sites is 1. The van der Waals surface area contributed by atoms with E-state index in [1.54, 1.807) is 0 Å². The van der Waals surface area contributed by atoms with Gasteiger partial charge in [0.15, 0.2) is 0 Å². The zero-order valence-corrected chi connectivity index (χ0v) is 19.2. The fourth-order valence-electron chi connectivity index (χ4n) is 5.63. The monoisotopic (exact) mass is 417 g/mol. The molecule has 0 saturated carbocycles. The van der Waals surface area contributed by atoms with Gasteiger partial charge in [0.1, 0.15) is 0 Å². The van der Waals surface area contributed by atoms with Crippen LogP contribution in [0, 0.1) is 11.8 Å². The Morgan fingerprint density at radius 1 is 0.833 bits per heavy atom. The SMILES string of the molecule is CC[Si](CC)(CC)C1=C[C@H](c2ccccc2)[C@H]2C(=O)N(c3ccccc3)C(=O)[C@H]2C1. The number of fused-ring (bicyclic) bond motifs is 1. The number of carbonyl (C=O) groups excluding carboxylic acids is 2. The third-order valence-corrected chi connectivity index (χ3v) is 13.4. The van der Waals surface area contributed by atoms with Crippen molar-refractivity contribution in [1.82, 2.24) is 0 Å². The predicted molar refractivity (Wildman–Crippen MR) is 125 cm³/mol. The highest BCUT2D eigenvalue weighted by molar-refractivity contribution is 6.86. The molecule has 1 aliphatic heterocycles. The Kier molecular flexibility index (Phi) is 5.78. The molecule has 1 aliphatic carbocycles. The number of nitrogens with zero attached hydrogens (tertiary/aromatic N) is 1. The standard InChI is InChI=1S/C26H31NO2Si/c1-4-30(5-2,6-3)21-17-22(19-13-9-7-10-14-19)24-23(18-21)25(28)27(26(24)29)20-15-11-8-12-16-20/h7-17,22-24H,4-6,18H2,1-3H3/t22-,23+,24-/m1/s1.